The summed E-state index contributed by atoms with van der Waals surface area (Å²) in [5, 5.41) is 9.71. The Bertz CT molecular complexity index is 2180. The van der Waals surface area contributed by atoms with E-state index in [4.69, 9.17) is 9.47 Å². The number of unbranched alkanes of at least 4 members (excludes halogenated alkanes) is 17. The Morgan fingerprint density at radius 2 is 0.444 bits per heavy atom. The third kappa shape index (κ3) is 74.4. The molecule has 0 radical (unpaired) electrons. The molecule has 1 unspecified atom stereocenters. The minimum absolute atomic E-state index is 0.0891. The zero-order valence-electron chi connectivity index (χ0n) is 57.3. The van der Waals surface area contributed by atoms with Gasteiger partial charge in [0.15, 0.2) is 6.10 Å². The maximum absolute atomic E-state index is 12.4. The molecule has 0 aliphatic carbocycles. The predicted molar refractivity (Wildman–Crippen MR) is 398 cm³/mol. The second kappa shape index (κ2) is 77.2. The van der Waals surface area contributed by atoms with Crippen LogP contribution in [0.5, 0.6) is 0 Å². The molecule has 5 heteroatoms. The molecule has 0 aliphatic rings. The first kappa shape index (κ1) is 84.0. The topological polar surface area (TPSA) is 72.8 Å². The molecule has 0 fully saturated rings. The van der Waals surface area contributed by atoms with Crippen molar-refractivity contribution in [2.45, 2.75) is 277 Å². The Balaban J connectivity index is 3.63. The Morgan fingerprint density at radius 1 is 0.256 bits per heavy atom. The quantitative estimate of drug-likeness (QED) is 0.0373. The van der Waals surface area contributed by atoms with E-state index >= 15 is 0 Å². The lowest BCUT2D eigenvalue weighted by atomic mass is 10.0. The smallest absolute Gasteiger partial charge is 0.306 e. The minimum atomic E-state index is -0.803. The van der Waals surface area contributed by atoms with Crippen LogP contribution in [0.4, 0.5) is 0 Å². The summed E-state index contributed by atoms with van der Waals surface area (Å²) in [6.45, 7) is 3.89. The van der Waals surface area contributed by atoms with Crippen molar-refractivity contribution in [2.24, 2.45) is 0 Å². The van der Waals surface area contributed by atoms with Crippen molar-refractivity contribution in [3.05, 3.63) is 231 Å². The number of esters is 2. The van der Waals surface area contributed by atoms with Gasteiger partial charge in [-0.2, -0.15) is 0 Å². The Kier molecular flexibility index (Phi) is 72.0. The molecule has 0 aromatic heterocycles. The van der Waals surface area contributed by atoms with Gasteiger partial charge in [-0.3, -0.25) is 9.59 Å². The lowest BCUT2D eigenvalue weighted by Gasteiger charge is -2.15. The highest BCUT2D eigenvalue weighted by Crippen LogP contribution is 2.15. The second-order valence-corrected chi connectivity index (χ2v) is 22.8. The van der Waals surface area contributed by atoms with Gasteiger partial charge in [-0.15, -0.1) is 0 Å². The van der Waals surface area contributed by atoms with Crippen LogP contribution in [0.25, 0.3) is 0 Å². The highest BCUT2D eigenvalue weighted by Gasteiger charge is 2.16. The van der Waals surface area contributed by atoms with Gasteiger partial charge >= 0.3 is 11.9 Å². The van der Waals surface area contributed by atoms with Crippen molar-refractivity contribution >= 4 is 11.9 Å². The summed E-state index contributed by atoms with van der Waals surface area (Å²) in [5.74, 6) is -0.629. The molecule has 0 rings (SSSR count). The number of rotatable bonds is 63. The summed E-state index contributed by atoms with van der Waals surface area (Å²) in [5.41, 5.74) is 0. The monoisotopic (exact) mass is 1230 g/mol. The van der Waals surface area contributed by atoms with E-state index in [1.807, 2.05) is 0 Å². The summed E-state index contributed by atoms with van der Waals surface area (Å²) < 4.78 is 10.7. The van der Waals surface area contributed by atoms with Crippen LogP contribution in [-0.4, -0.2) is 36.4 Å². The van der Waals surface area contributed by atoms with Crippen LogP contribution in [0.3, 0.4) is 0 Å². The van der Waals surface area contributed by atoms with Gasteiger partial charge in [-0.25, -0.2) is 0 Å². The van der Waals surface area contributed by atoms with Gasteiger partial charge in [0.2, 0.25) is 0 Å². The molecule has 500 valence electrons. The molecule has 1 N–H and O–H groups in total. The van der Waals surface area contributed by atoms with E-state index in [9.17, 15) is 14.7 Å². The Labute approximate surface area is 554 Å². The lowest BCUT2D eigenvalue weighted by molar-refractivity contribution is -0.161. The van der Waals surface area contributed by atoms with Crippen LogP contribution >= 0.6 is 0 Å². The fourth-order valence-corrected chi connectivity index (χ4v) is 9.16. The van der Waals surface area contributed by atoms with Gasteiger partial charge in [-0.1, -0.05) is 328 Å². The van der Waals surface area contributed by atoms with E-state index in [0.717, 1.165) is 180 Å². The van der Waals surface area contributed by atoms with Crippen molar-refractivity contribution in [1.82, 2.24) is 0 Å². The maximum atomic E-state index is 12.4. The van der Waals surface area contributed by atoms with Gasteiger partial charge in [0.25, 0.3) is 0 Å². The molecule has 0 bridgehead atoms. The average Bonchev–Trinajstić information content (AvgIpc) is 3.59. The minimum Gasteiger partial charge on any atom is -0.462 e. The number of carbonyl (C=O) groups excluding carboxylic acids is 2. The van der Waals surface area contributed by atoms with Gasteiger partial charge < -0.3 is 14.6 Å². The highest BCUT2D eigenvalue weighted by atomic mass is 16.6. The number of allylic oxidation sites excluding steroid dienone is 38. The first-order valence-corrected chi connectivity index (χ1v) is 35.9. The third-order valence-corrected chi connectivity index (χ3v) is 14.5. The van der Waals surface area contributed by atoms with Gasteiger partial charge in [-0.05, 0) is 161 Å². The average molecular weight is 1230 g/mol. The molecule has 0 heterocycles. The molecule has 0 spiro atoms. The van der Waals surface area contributed by atoms with Crippen LogP contribution < -0.4 is 0 Å². The van der Waals surface area contributed by atoms with Crippen molar-refractivity contribution < 1.29 is 24.2 Å². The number of hydrogen-bond donors (Lipinski definition) is 1. The molecule has 1 atom stereocenters. The van der Waals surface area contributed by atoms with Crippen LogP contribution in [0.15, 0.2) is 231 Å². The lowest BCUT2D eigenvalue weighted by Crippen LogP contribution is -2.28. The molecule has 0 aliphatic heterocycles. The predicted octanol–water partition coefficient (Wildman–Crippen LogP) is 25.6. The number of hydrogen-bond acceptors (Lipinski definition) is 5. The number of aliphatic hydroxyl groups excluding tert-OH is 1. The fourth-order valence-electron chi connectivity index (χ4n) is 9.16. The zero-order valence-corrected chi connectivity index (χ0v) is 57.3. The third-order valence-electron chi connectivity index (χ3n) is 14.5. The van der Waals surface area contributed by atoms with E-state index in [-0.39, 0.29) is 25.2 Å². The van der Waals surface area contributed by atoms with E-state index in [1.54, 1.807) is 0 Å². The van der Waals surface area contributed by atoms with Crippen LogP contribution in [0.2, 0.25) is 0 Å². The molecular formula is C85H130O5. The van der Waals surface area contributed by atoms with Crippen molar-refractivity contribution in [2.75, 3.05) is 13.2 Å². The molecule has 0 aromatic carbocycles. The SMILES string of the molecule is CC/C=C\C/C=C\C/C=C\C/C=C\C/C=C\C/C=C\C/C=C\C/C=C\C/C=C\C/C=C\C/C=C\CCCCCCCC(=O)OC(CO)COC(=O)CCCCCCCCCCCCCC/C=C\C/C=C\C/C=C\C/C=C\C/C=C\C/C=C\C/C=C\C/C=C\CC. The summed E-state index contributed by atoms with van der Waals surface area (Å²) >= 11 is 0. The second-order valence-electron chi connectivity index (χ2n) is 22.8. The molecule has 90 heavy (non-hydrogen) atoms. The van der Waals surface area contributed by atoms with Gasteiger partial charge in [0, 0.05) is 12.8 Å². The van der Waals surface area contributed by atoms with Crippen LogP contribution in [0.1, 0.15) is 271 Å². The molecule has 0 aromatic rings. The van der Waals surface area contributed by atoms with Gasteiger partial charge in [0.05, 0.1) is 6.61 Å². The number of carbonyl (C=O) groups is 2. The molecule has 0 saturated heterocycles. The Morgan fingerprint density at radius 3 is 0.667 bits per heavy atom. The summed E-state index contributed by atoms with van der Waals surface area (Å²) in [6, 6.07) is 0. The molecule has 5 nitrogen and oxygen atoms in total. The largest absolute Gasteiger partial charge is 0.462 e. The number of aliphatic hydroxyl groups is 1. The summed E-state index contributed by atoms with van der Waals surface area (Å²) in [4.78, 5) is 24.7. The van der Waals surface area contributed by atoms with Crippen LogP contribution in [0, 0.1) is 0 Å². The van der Waals surface area contributed by atoms with Crippen LogP contribution in [-0.2, 0) is 19.1 Å². The van der Waals surface area contributed by atoms with Crippen molar-refractivity contribution in [3.63, 3.8) is 0 Å². The zero-order chi connectivity index (χ0) is 64.7. The first-order chi connectivity index (χ1) is 44.6. The molecule has 0 saturated carbocycles. The fraction of sp³-hybridized carbons (Fsp3) is 0.529. The maximum Gasteiger partial charge on any atom is 0.306 e. The van der Waals surface area contributed by atoms with E-state index in [1.165, 1.54) is 64.2 Å². The van der Waals surface area contributed by atoms with Crippen molar-refractivity contribution in [1.29, 1.82) is 0 Å². The van der Waals surface area contributed by atoms with Crippen molar-refractivity contribution in [3.8, 4) is 0 Å². The van der Waals surface area contributed by atoms with Gasteiger partial charge in [0.1, 0.15) is 6.61 Å². The Hall–Kier alpha value is -6.04. The molecular weight excluding hydrogens is 1100 g/mol. The van der Waals surface area contributed by atoms with E-state index in [2.05, 4.69) is 245 Å². The number of ether oxygens (including phenoxy) is 2. The van der Waals surface area contributed by atoms with E-state index < -0.39 is 6.10 Å². The first-order valence-electron chi connectivity index (χ1n) is 35.9. The normalized spacial score (nSPS) is 13.7. The molecule has 0 amide bonds. The van der Waals surface area contributed by atoms with E-state index in [0.29, 0.717) is 12.8 Å². The highest BCUT2D eigenvalue weighted by molar-refractivity contribution is 5.70. The summed E-state index contributed by atoms with van der Waals surface area (Å²) in [6.07, 6.45) is 126. The summed E-state index contributed by atoms with van der Waals surface area (Å²) in [7, 11) is 0. The standard InChI is InChI=1S/C85H130O5/c1-3-5-7-9-11-13-15-17-19-21-23-25-27-29-31-33-35-37-39-41-42-44-46-48-50-52-54-56-58-60-62-64-66-68-70-72-74-76-78-80-85(88)90-83(81-86)82-89-84(87)79-77-75-73-71-69-67-65-63-61-59-57-55-53-51-49-47-45-43-40-38-36-34-32-30-28-26-24-22-20-18-16-14-12-10-8-6-4-2/h5-8,11-14,17-20,23-26,29-32,35-38,41-43,45-46,48-49,51-52,54,58,60,64,66,83,86H,3-4,9-10,15-16,21-22,27-28,33-34,39-40,44,47,50,53,55-57,59,61-63,65,67-82H2,1-2H3/b7-5-,8-6-,13-11-,14-12-,19-17-,20-18-,25-23-,26-24-,31-29-,32-30-,37-35-,38-36-,42-41-,45-43-,48-46-,51-49-,54-52-,60-58-,66-64-.